The zero-order valence-corrected chi connectivity index (χ0v) is 12.7. The van der Waals surface area contributed by atoms with Crippen molar-refractivity contribution < 1.29 is 24.2 Å². The van der Waals surface area contributed by atoms with Crippen LogP contribution in [0.5, 0.6) is 5.75 Å². The van der Waals surface area contributed by atoms with E-state index in [-0.39, 0.29) is 12.5 Å². The number of carbonyl (C=O) groups is 2. The number of nitrogens with one attached hydrogen (secondary N) is 2. The number of phenols is 1. The highest BCUT2D eigenvalue weighted by atomic mass is 19.1. The lowest BCUT2D eigenvalue weighted by molar-refractivity contribution is -0.123. The highest BCUT2D eigenvalue weighted by molar-refractivity contribution is 5.85. The summed E-state index contributed by atoms with van der Waals surface area (Å²) in [6, 6.07) is 2.80. The summed E-state index contributed by atoms with van der Waals surface area (Å²) >= 11 is 0. The lowest BCUT2D eigenvalue weighted by atomic mass is 9.95. The Morgan fingerprint density at radius 1 is 1.26 bits per heavy atom. The summed E-state index contributed by atoms with van der Waals surface area (Å²) in [4.78, 5) is 23.2. The van der Waals surface area contributed by atoms with Gasteiger partial charge in [0.25, 0.3) is 0 Å². The number of carboxylic acid groups (broad SMARTS) is 1. The molecule has 0 unspecified atom stereocenters. The first-order valence-corrected chi connectivity index (χ1v) is 7.73. The molecule has 1 aliphatic carbocycles. The van der Waals surface area contributed by atoms with Crippen molar-refractivity contribution in [3.63, 3.8) is 0 Å². The van der Waals surface area contributed by atoms with Gasteiger partial charge >= 0.3 is 6.09 Å². The molecule has 1 fully saturated rings. The maximum Gasteiger partial charge on any atom is 0.405 e. The minimum atomic E-state index is -1.31. The molecular formula is C16H21FN2O4. The van der Waals surface area contributed by atoms with Crippen LogP contribution in [0.25, 0.3) is 0 Å². The van der Waals surface area contributed by atoms with Crippen LogP contribution in [0.1, 0.15) is 37.7 Å². The SMILES string of the molecule is O=C(O)N[C@@H](Cc1ccc(O)c(F)c1)C(=O)NC1CCCCC1. The van der Waals surface area contributed by atoms with Crippen LogP contribution in [-0.4, -0.2) is 34.3 Å². The number of benzene rings is 1. The van der Waals surface area contributed by atoms with Gasteiger partial charge in [-0.25, -0.2) is 9.18 Å². The number of hydrogen-bond donors (Lipinski definition) is 4. The van der Waals surface area contributed by atoms with Crippen LogP contribution in [-0.2, 0) is 11.2 Å². The average Bonchev–Trinajstić information content (AvgIpc) is 2.51. The van der Waals surface area contributed by atoms with Gasteiger partial charge in [0, 0.05) is 12.5 Å². The van der Waals surface area contributed by atoms with Gasteiger partial charge in [-0.2, -0.15) is 0 Å². The van der Waals surface area contributed by atoms with Crippen molar-refractivity contribution in [2.75, 3.05) is 0 Å². The van der Waals surface area contributed by atoms with Gasteiger partial charge in [0.05, 0.1) is 0 Å². The quantitative estimate of drug-likeness (QED) is 0.667. The molecule has 1 aromatic rings. The molecule has 6 nitrogen and oxygen atoms in total. The molecular weight excluding hydrogens is 303 g/mol. The van der Waals surface area contributed by atoms with Crippen molar-refractivity contribution >= 4 is 12.0 Å². The summed E-state index contributed by atoms with van der Waals surface area (Å²) in [5.74, 6) is -1.69. The minimum absolute atomic E-state index is 0.0159. The summed E-state index contributed by atoms with van der Waals surface area (Å²) in [6.45, 7) is 0. The Balaban J connectivity index is 2.04. The Bertz CT molecular complexity index is 573. The summed E-state index contributed by atoms with van der Waals surface area (Å²) < 4.78 is 13.4. The number of aromatic hydroxyl groups is 1. The highest BCUT2D eigenvalue weighted by Crippen LogP contribution is 2.19. The van der Waals surface area contributed by atoms with Crippen LogP contribution in [0.4, 0.5) is 9.18 Å². The molecule has 126 valence electrons. The van der Waals surface area contributed by atoms with Crippen LogP contribution in [0, 0.1) is 5.82 Å². The molecule has 0 aromatic heterocycles. The van der Waals surface area contributed by atoms with Gasteiger partial charge in [-0.1, -0.05) is 25.3 Å². The van der Waals surface area contributed by atoms with E-state index in [9.17, 15) is 19.1 Å². The normalized spacial score (nSPS) is 16.6. The van der Waals surface area contributed by atoms with Crippen molar-refractivity contribution in [1.82, 2.24) is 10.6 Å². The number of rotatable bonds is 5. The fraction of sp³-hybridized carbons (Fsp3) is 0.500. The van der Waals surface area contributed by atoms with Gasteiger partial charge < -0.3 is 20.8 Å². The second-order valence-electron chi connectivity index (χ2n) is 5.84. The Labute approximate surface area is 133 Å². The molecule has 7 heteroatoms. The molecule has 1 aliphatic rings. The monoisotopic (exact) mass is 324 g/mol. The van der Waals surface area contributed by atoms with Crippen molar-refractivity contribution in [1.29, 1.82) is 0 Å². The van der Waals surface area contributed by atoms with E-state index in [0.29, 0.717) is 5.56 Å². The van der Waals surface area contributed by atoms with Gasteiger partial charge in [-0.15, -0.1) is 0 Å². The van der Waals surface area contributed by atoms with Crippen molar-refractivity contribution in [3.05, 3.63) is 29.6 Å². The number of halogens is 1. The second-order valence-corrected chi connectivity index (χ2v) is 5.84. The third kappa shape index (κ3) is 5.12. The van der Waals surface area contributed by atoms with Crippen LogP contribution < -0.4 is 10.6 Å². The zero-order chi connectivity index (χ0) is 16.8. The Hall–Kier alpha value is -2.31. The summed E-state index contributed by atoms with van der Waals surface area (Å²) in [5, 5.41) is 23.1. The van der Waals surface area contributed by atoms with E-state index in [2.05, 4.69) is 10.6 Å². The predicted molar refractivity (Wildman–Crippen MR) is 81.7 cm³/mol. The third-order valence-electron chi connectivity index (χ3n) is 4.02. The molecule has 0 radical (unpaired) electrons. The molecule has 0 heterocycles. The molecule has 4 N–H and O–H groups in total. The Kier molecular flexibility index (Phi) is 5.78. The molecule has 1 aromatic carbocycles. The largest absolute Gasteiger partial charge is 0.505 e. The maximum atomic E-state index is 13.4. The van der Waals surface area contributed by atoms with E-state index in [1.54, 1.807) is 0 Å². The van der Waals surface area contributed by atoms with E-state index in [1.165, 1.54) is 12.1 Å². The van der Waals surface area contributed by atoms with Crippen molar-refractivity contribution in [3.8, 4) is 5.75 Å². The van der Waals surface area contributed by atoms with Crippen molar-refractivity contribution in [2.45, 2.75) is 50.6 Å². The van der Waals surface area contributed by atoms with Gasteiger partial charge in [0.1, 0.15) is 6.04 Å². The molecule has 1 atom stereocenters. The zero-order valence-electron chi connectivity index (χ0n) is 12.7. The second kappa shape index (κ2) is 7.80. The number of phenolic OH excluding ortho intramolecular Hbond substituents is 1. The van der Waals surface area contributed by atoms with E-state index in [1.807, 2.05) is 0 Å². The molecule has 2 amide bonds. The standard InChI is InChI=1S/C16H21FN2O4/c17-12-8-10(6-7-14(12)20)9-13(19-16(22)23)15(21)18-11-4-2-1-3-5-11/h6-8,11,13,19-20H,1-5,9H2,(H,18,21)(H,22,23)/t13-/m0/s1. The summed E-state index contributed by atoms with van der Waals surface area (Å²) in [7, 11) is 0. The lowest BCUT2D eigenvalue weighted by Crippen LogP contribution is -2.50. The van der Waals surface area contributed by atoms with Crippen LogP contribution in [0.3, 0.4) is 0 Å². The first kappa shape index (κ1) is 17.1. The van der Waals surface area contributed by atoms with Gasteiger partial charge in [-0.05, 0) is 30.5 Å². The molecule has 0 bridgehead atoms. The molecule has 0 aliphatic heterocycles. The smallest absolute Gasteiger partial charge is 0.405 e. The van der Waals surface area contributed by atoms with E-state index in [4.69, 9.17) is 5.11 Å². The number of amides is 2. The topological polar surface area (TPSA) is 98.7 Å². The van der Waals surface area contributed by atoms with E-state index in [0.717, 1.165) is 38.2 Å². The van der Waals surface area contributed by atoms with E-state index < -0.39 is 29.6 Å². The van der Waals surface area contributed by atoms with Gasteiger partial charge in [0.2, 0.25) is 5.91 Å². The van der Waals surface area contributed by atoms with E-state index >= 15 is 0 Å². The first-order chi connectivity index (χ1) is 11.0. The summed E-state index contributed by atoms with van der Waals surface area (Å²) in [6.07, 6.45) is 3.72. The Morgan fingerprint density at radius 2 is 1.96 bits per heavy atom. The highest BCUT2D eigenvalue weighted by Gasteiger charge is 2.24. The third-order valence-corrected chi connectivity index (χ3v) is 4.02. The molecule has 1 saturated carbocycles. The van der Waals surface area contributed by atoms with Gasteiger partial charge in [0.15, 0.2) is 11.6 Å². The number of hydrogen-bond acceptors (Lipinski definition) is 3. The average molecular weight is 324 g/mol. The molecule has 2 rings (SSSR count). The van der Waals surface area contributed by atoms with Crippen LogP contribution in [0.2, 0.25) is 0 Å². The van der Waals surface area contributed by atoms with Gasteiger partial charge in [-0.3, -0.25) is 4.79 Å². The molecule has 23 heavy (non-hydrogen) atoms. The minimum Gasteiger partial charge on any atom is -0.505 e. The fourth-order valence-electron chi connectivity index (χ4n) is 2.82. The lowest BCUT2D eigenvalue weighted by Gasteiger charge is -2.25. The van der Waals surface area contributed by atoms with Crippen LogP contribution in [0.15, 0.2) is 18.2 Å². The maximum absolute atomic E-state index is 13.4. The molecule has 0 saturated heterocycles. The summed E-state index contributed by atoms with van der Waals surface area (Å²) in [5.41, 5.74) is 0.429. The molecule has 0 spiro atoms. The number of carbonyl (C=O) groups excluding carboxylic acids is 1. The Morgan fingerprint density at radius 3 is 2.57 bits per heavy atom. The van der Waals surface area contributed by atoms with Crippen LogP contribution >= 0.6 is 0 Å². The van der Waals surface area contributed by atoms with Crippen molar-refractivity contribution in [2.24, 2.45) is 0 Å². The fourth-order valence-corrected chi connectivity index (χ4v) is 2.82. The predicted octanol–water partition coefficient (Wildman–Crippen LogP) is 2.16. The first-order valence-electron chi connectivity index (χ1n) is 7.73.